The second-order valence-electron chi connectivity index (χ2n) is 4.92. The van der Waals surface area contributed by atoms with Gasteiger partial charge in [-0.25, -0.2) is 0 Å². The average molecular weight is 276 g/mol. The topological polar surface area (TPSA) is 61.9 Å². The van der Waals surface area contributed by atoms with Crippen LogP contribution in [0, 0.1) is 6.92 Å². The second kappa shape index (κ2) is 5.48. The Labute approximate surface area is 118 Å². The maximum absolute atomic E-state index is 12.8. The van der Waals surface area contributed by atoms with E-state index in [1.54, 1.807) is 28.7 Å². The van der Waals surface area contributed by atoms with Crippen molar-refractivity contribution in [3.63, 3.8) is 0 Å². The first kappa shape index (κ1) is 14.3. The van der Waals surface area contributed by atoms with E-state index in [4.69, 9.17) is 4.74 Å². The number of rotatable bonds is 5. The van der Waals surface area contributed by atoms with E-state index < -0.39 is 0 Å². The third kappa shape index (κ3) is 2.33. The number of carbonyl (C=O) groups is 1. The molecule has 0 aromatic carbocycles. The summed E-state index contributed by atoms with van der Waals surface area (Å²) in [6.45, 7) is 8.43. The predicted octanol–water partition coefficient (Wildman–Crippen LogP) is 2.23. The Morgan fingerprint density at radius 3 is 2.70 bits per heavy atom. The van der Waals surface area contributed by atoms with E-state index in [0.29, 0.717) is 23.7 Å². The molecule has 2 heterocycles. The largest absolute Gasteiger partial charge is 0.493 e. The van der Waals surface area contributed by atoms with Crippen LogP contribution in [0.25, 0.3) is 0 Å². The quantitative estimate of drug-likeness (QED) is 0.786. The van der Waals surface area contributed by atoms with E-state index >= 15 is 0 Å². The van der Waals surface area contributed by atoms with Crippen LogP contribution in [0.5, 0.6) is 5.75 Å². The summed E-state index contributed by atoms with van der Waals surface area (Å²) in [6.07, 6.45) is 1.58. The fourth-order valence-corrected chi connectivity index (χ4v) is 2.19. The third-order valence-electron chi connectivity index (χ3n) is 3.12. The van der Waals surface area contributed by atoms with Crippen molar-refractivity contribution in [1.82, 2.24) is 19.6 Å². The van der Waals surface area contributed by atoms with Crippen molar-refractivity contribution >= 4 is 5.78 Å². The number of hydrogen-bond donors (Lipinski definition) is 0. The summed E-state index contributed by atoms with van der Waals surface area (Å²) in [5, 5.41) is 8.55. The molecule has 20 heavy (non-hydrogen) atoms. The lowest BCUT2D eigenvalue weighted by Gasteiger charge is -2.11. The monoisotopic (exact) mass is 276 g/mol. The summed E-state index contributed by atoms with van der Waals surface area (Å²) < 4.78 is 8.65. The Morgan fingerprint density at radius 2 is 2.15 bits per heavy atom. The van der Waals surface area contributed by atoms with Crippen molar-refractivity contribution in [3.05, 3.63) is 29.3 Å². The fourth-order valence-electron chi connectivity index (χ4n) is 2.19. The van der Waals surface area contributed by atoms with Crippen molar-refractivity contribution in [2.75, 3.05) is 7.11 Å². The van der Waals surface area contributed by atoms with Gasteiger partial charge in [0.05, 0.1) is 19.0 Å². The summed E-state index contributed by atoms with van der Waals surface area (Å²) in [4.78, 5) is 12.8. The van der Waals surface area contributed by atoms with E-state index in [1.165, 1.54) is 0 Å². The first-order valence-electron chi connectivity index (χ1n) is 6.70. The molecule has 0 atom stereocenters. The molecule has 2 rings (SSSR count). The smallest absolute Gasteiger partial charge is 0.232 e. The van der Waals surface area contributed by atoms with Crippen LogP contribution in [-0.2, 0) is 6.54 Å². The van der Waals surface area contributed by atoms with Crippen LogP contribution < -0.4 is 4.74 Å². The van der Waals surface area contributed by atoms with Crippen molar-refractivity contribution in [2.24, 2.45) is 0 Å². The van der Waals surface area contributed by atoms with Crippen molar-refractivity contribution < 1.29 is 9.53 Å². The van der Waals surface area contributed by atoms with Crippen LogP contribution in [0.3, 0.4) is 0 Å². The van der Waals surface area contributed by atoms with Gasteiger partial charge in [-0.05, 0) is 33.8 Å². The van der Waals surface area contributed by atoms with Crippen LogP contribution >= 0.6 is 0 Å². The van der Waals surface area contributed by atoms with Gasteiger partial charge in [-0.2, -0.15) is 10.2 Å². The number of methoxy groups -OCH3 is 1. The molecule has 2 aromatic rings. The molecular weight excluding hydrogens is 256 g/mol. The number of ether oxygens (including phenoxy) is 1. The molecule has 0 aliphatic rings. The summed E-state index contributed by atoms with van der Waals surface area (Å²) in [5.74, 6) is 0.376. The Balaban J connectivity index is 2.55. The van der Waals surface area contributed by atoms with Gasteiger partial charge >= 0.3 is 0 Å². The lowest BCUT2D eigenvalue weighted by Crippen LogP contribution is -2.17. The van der Waals surface area contributed by atoms with Gasteiger partial charge in [-0.1, -0.05) is 0 Å². The Bertz CT molecular complexity index is 625. The van der Waals surface area contributed by atoms with Gasteiger partial charge in [0.15, 0.2) is 11.4 Å². The van der Waals surface area contributed by atoms with Gasteiger partial charge in [0.25, 0.3) is 0 Å². The molecular formula is C14H20N4O2. The standard InChI is InChI=1S/C14H20N4O2/c1-6-17-11(7-10(4)16-17)14(19)13-12(20-5)8-15-18(13)9(2)3/h7-9H,6H2,1-5H3. The molecule has 0 unspecified atom stereocenters. The number of carbonyl (C=O) groups excluding carboxylic acids is 1. The van der Waals surface area contributed by atoms with Gasteiger partial charge < -0.3 is 4.74 Å². The minimum absolute atomic E-state index is 0.0805. The lowest BCUT2D eigenvalue weighted by molar-refractivity contribution is 0.101. The Kier molecular flexibility index (Phi) is 3.92. The number of aryl methyl sites for hydroxylation is 2. The molecule has 0 aliphatic heterocycles. The minimum atomic E-state index is -0.115. The van der Waals surface area contributed by atoms with Crippen LogP contribution in [-0.4, -0.2) is 32.5 Å². The van der Waals surface area contributed by atoms with Gasteiger partial charge in [0.2, 0.25) is 5.78 Å². The van der Waals surface area contributed by atoms with Crippen LogP contribution in [0.15, 0.2) is 12.3 Å². The predicted molar refractivity (Wildman–Crippen MR) is 75.2 cm³/mol. The van der Waals surface area contributed by atoms with E-state index in [1.807, 2.05) is 27.7 Å². The first-order chi connectivity index (χ1) is 9.49. The van der Waals surface area contributed by atoms with Crippen LogP contribution in [0.1, 0.15) is 48.7 Å². The van der Waals surface area contributed by atoms with E-state index in [0.717, 1.165) is 5.69 Å². The molecule has 6 heteroatoms. The highest BCUT2D eigenvalue weighted by molar-refractivity contribution is 6.08. The molecule has 0 N–H and O–H groups in total. The zero-order chi connectivity index (χ0) is 14.9. The summed E-state index contributed by atoms with van der Waals surface area (Å²) in [6, 6.07) is 1.88. The number of hydrogen-bond acceptors (Lipinski definition) is 4. The van der Waals surface area contributed by atoms with Gasteiger partial charge in [0.1, 0.15) is 5.69 Å². The van der Waals surface area contributed by atoms with E-state index in [9.17, 15) is 4.79 Å². The first-order valence-corrected chi connectivity index (χ1v) is 6.70. The second-order valence-corrected chi connectivity index (χ2v) is 4.92. The zero-order valence-corrected chi connectivity index (χ0v) is 12.5. The van der Waals surface area contributed by atoms with Gasteiger partial charge in [-0.15, -0.1) is 0 Å². The summed E-state index contributed by atoms with van der Waals surface area (Å²) in [7, 11) is 1.54. The highest BCUT2D eigenvalue weighted by Crippen LogP contribution is 2.24. The SMILES string of the molecule is CCn1nc(C)cc1C(=O)c1c(OC)cnn1C(C)C. The normalized spacial score (nSPS) is 11.1. The molecule has 0 amide bonds. The van der Waals surface area contributed by atoms with Gasteiger partial charge in [0, 0.05) is 12.6 Å². The molecule has 0 aliphatic carbocycles. The molecule has 0 fully saturated rings. The minimum Gasteiger partial charge on any atom is -0.493 e. The molecule has 0 spiro atoms. The van der Waals surface area contributed by atoms with E-state index in [2.05, 4.69) is 10.2 Å². The molecule has 108 valence electrons. The molecule has 6 nitrogen and oxygen atoms in total. The van der Waals surface area contributed by atoms with E-state index in [-0.39, 0.29) is 11.8 Å². The summed E-state index contributed by atoms with van der Waals surface area (Å²) in [5.41, 5.74) is 1.85. The van der Waals surface area contributed by atoms with Crippen LogP contribution in [0.4, 0.5) is 0 Å². The molecule has 0 saturated carbocycles. The lowest BCUT2D eigenvalue weighted by atomic mass is 10.1. The molecule has 0 bridgehead atoms. The Morgan fingerprint density at radius 1 is 1.45 bits per heavy atom. The molecule has 2 aromatic heterocycles. The Hall–Kier alpha value is -2.11. The zero-order valence-electron chi connectivity index (χ0n) is 12.5. The molecule has 0 radical (unpaired) electrons. The number of nitrogens with zero attached hydrogens (tertiary/aromatic N) is 4. The third-order valence-corrected chi connectivity index (χ3v) is 3.12. The highest BCUT2D eigenvalue weighted by Gasteiger charge is 2.25. The van der Waals surface area contributed by atoms with Crippen molar-refractivity contribution in [1.29, 1.82) is 0 Å². The van der Waals surface area contributed by atoms with Crippen molar-refractivity contribution in [3.8, 4) is 5.75 Å². The van der Waals surface area contributed by atoms with Crippen LogP contribution in [0.2, 0.25) is 0 Å². The van der Waals surface area contributed by atoms with Crippen molar-refractivity contribution in [2.45, 2.75) is 40.3 Å². The number of ketones is 1. The number of aromatic nitrogens is 4. The average Bonchev–Trinajstić information content (AvgIpc) is 3.00. The maximum Gasteiger partial charge on any atom is 0.232 e. The maximum atomic E-state index is 12.8. The highest BCUT2D eigenvalue weighted by atomic mass is 16.5. The fraction of sp³-hybridized carbons (Fsp3) is 0.500. The summed E-state index contributed by atoms with van der Waals surface area (Å²) >= 11 is 0. The molecule has 0 saturated heterocycles. The van der Waals surface area contributed by atoms with Gasteiger partial charge in [-0.3, -0.25) is 14.2 Å².